The van der Waals surface area contributed by atoms with Gasteiger partial charge in [0.05, 0.1) is 29.5 Å². The molecule has 0 saturated carbocycles. The molecule has 0 aliphatic carbocycles. The maximum absolute atomic E-state index is 12.4. The summed E-state index contributed by atoms with van der Waals surface area (Å²) in [5, 5.41) is 15.7. The van der Waals surface area contributed by atoms with E-state index < -0.39 is 0 Å². The summed E-state index contributed by atoms with van der Waals surface area (Å²) >= 11 is 7.70. The number of carbonyl (C=O) groups excluding carboxylic acids is 1. The summed E-state index contributed by atoms with van der Waals surface area (Å²) in [4.78, 5) is 17.1. The van der Waals surface area contributed by atoms with Crippen LogP contribution in [0.3, 0.4) is 0 Å². The molecular formula is C26H23ClN4O2S. The van der Waals surface area contributed by atoms with Gasteiger partial charge in [-0.1, -0.05) is 71.9 Å². The zero-order chi connectivity index (χ0) is 23.9. The Kier molecular flexibility index (Phi) is 7.67. The molecule has 0 aliphatic rings. The molecule has 0 bridgehead atoms. The molecule has 4 rings (SSSR count). The van der Waals surface area contributed by atoms with Crippen molar-refractivity contribution in [3.63, 3.8) is 0 Å². The number of hydrogen-bond acceptors (Lipinski definition) is 5. The standard InChI is InChI=1S/C26H23ClN4O2S/c1-2-8-18-10-7-11-19(25(18)33)15-28-30-24(32)17-34-26-29-22-13-5-6-14-23(22)31(26)16-20-9-3-4-12-21(20)27/h2-7,9-15,33H,1,8,16-17H2,(H,30,32). The summed E-state index contributed by atoms with van der Waals surface area (Å²) in [5.41, 5.74) is 6.58. The van der Waals surface area contributed by atoms with Gasteiger partial charge in [0.2, 0.25) is 0 Å². The number of aromatic nitrogens is 2. The molecule has 6 nitrogen and oxygen atoms in total. The number of carbonyl (C=O) groups is 1. The molecule has 0 aliphatic heterocycles. The van der Waals surface area contributed by atoms with Crippen LogP contribution in [0, 0.1) is 0 Å². The van der Waals surface area contributed by atoms with Crippen LogP contribution in [0.5, 0.6) is 5.75 Å². The topological polar surface area (TPSA) is 79.5 Å². The minimum Gasteiger partial charge on any atom is -0.507 e. The number of hydrazone groups is 1. The first-order valence-corrected chi connectivity index (χ1v) is 12.0. The van der Waals surface area contributed by atoms with E-state index in [9.17, 15) is 9.90 Å². The summed E-state index contributed by atoms with van der Waals surface area (Å²) < 4.78 is 2.06. The van der Waals surface area contributed by atoms with Crippen LogP contribution in [0.2, 0.25) is 5.02 Å². The predicted octanol–water partition coefficient (Wildman–Crippen LogP) is 5.41. The Hall–Kier alpha value is -3.55. The van der Waals surface area contributed by atoms with E-state index in [1.165, 1.54) is 18.0 Å². The van der Waals surface area contributed by atoms with E-state index in [1.807, 2.05) is 60.7 Å². The Morgan fingerprint density at radius 3 is 2.71 bits per heavy atom. The van der Waals surface area contributed by atoms with E-state index >= 15 is 0 Å². The van der Waals surface area contributed by atoms with Crippen molar-refractivity contribution < 1.29 is 9.90 Å². The molecule has 0 saturated heterocycles. The molecule has 0 radical (unpaired) electrons. The number of thioether (sulfide) groups is 1. The number of para-hydroxylation sites is 3. The van der Waals surface area contributed by atoms with Crippen LogP contribution >= 0.6 is 23.4 Å². The third-order valence-corrected chi connectivity index (χ3v) is 6.49. The van der Waals surface area contributed by atoms with Gasteiger partial charge in [-0.05, 0) is 41.8 Å². The van der Waals surface area contributed by atoms with E-state index in [2.05, 4.69) is 21.7 Å². The average Bonchev–Trinajstić information content (AvgIpc) is 3.19. The Balaban J connectivity index is 1.45. The highest BCUT2D eigenvalue weighted by atomic mass is 35.5. The summed E-state index contributed by atoms with van der Waals surface area (Å²) in [7, 11) is 0. The van der Waals surface area contributed by atoms with E-state index in [-0.39, 0.29) is 17.4 Å². The predicted molar refractivity (Wildman–Crippen MR) is 139 cm³/mol. The molecule has 1 heterocycles. The van der Waals surface area contributed by atoms with Crippen LogP contribution < -0.4 is 5.43 Å². The van der Waals surface area contributed by atoms with E-state index in [1.54, 1.807) is 12.1 Å². The number of nitrogens with zero attached hydrogens (tertiary/aromatic N) is 3. The SMILES string of the molecule is C=CCc1cccc(C=NNC(=O)CSc2nc3ccccc3n2Cc2ccccc2Cl)c1O. The molecule has 4 aromatic rings. The molecular weight excluding hydrogens is 468 g/mol. The Morgan fingerprint density at radius 1 is 1.12 bits per heavy atom. The Bertz CT molecular complexity index is 1370. The molecule has 34 heavy (non-hydrogen) atoms. The molecule has 172 valence electrons. The van der Waals surface area contributed by atoms with E-state index in [4.69, 9.17) is 16.6 Å². The van der Waals surface area contributed by atoms with Crippen molar-refractivity contribution in [3.8, 4) is 5.75 Å². The van der Waals surface area contributed by atoms with Gasteiger partial charge in [-0.3, -0.25) is 4.79 Å². The van der Waals surface area contributed by atoms with E-state index in [0.29, 0.717) is 23.6 Å². The minimum atomic E-state index is -0.278. The number of allylic oxidation sites excluding steroid dienone is 1. The molecule has 0 spiro atoms. The monoisotopic (exact) mass is 490 g/mol. The molecule has 0 unspecified atom stereocenters. The molecule has 8 heteroatoms. The summed E-state index contributed by atoms with van der Waals surface area (Å²) in [5.74, 6) is -0.0199. The minimum absolute atomic E-state index is 0.128. The number of amides is 1. The molecule has 2 N–H and O–H groups in total. The maximum Gasteiger partial charge on any atom is 0.250 e. The van der Waals surface area contributed by atoms with Crippen LogP contribution in [-0.2, 0) is 17.8 Å². The summed E-state index contributed by atoms with van der Waals surface area (Å²) in [6.07, 6.45) is 3.69. The number of phenolic OH excluding ortho intramolecular Hbond substituents is 1. The van der Waals surface area contributed by atoms with Gasteiger partial charge in [0.15, 0.2) is 5.16 Å². The van der Waals surface area contributed by atoms with Gasteiger partial charge in [-0.2, -0.15) is 5.10 Å². The first kappa shape index (κ1) is 23.6. The van der Waals surface area contributed by atoms with Crippen molar-refractivity contribution >= 4 is 46.5 Å². The highest BCUT2D eigenvalue weighted by molar-refractivity contribution is 7.99. The lowest BCUT2D eigenvalue weighted by molar-refractivity contribution is -0.118. The van der Waals surface area contributed by atoms with Gasteiger partial charge in [0, 0.05) is 10.6 Å². The van der Waals surface area contributed by atoms with Crippen molar-refractivity contribution in [2.75, 3.05) is 5.75 Å². The molecule has 3 aromatic carbocycles. The number of fused-ring (bicyclic) bond motifs is 1. The smallest absolute Gasteiger partial charge is 0.250 e. The Labute approximate surface area is 207 Å². The Morgan fingerprint density at radius 2 is 1.88 bits per heavy atom. The number of benzene rings is 3. The second-order valence-corrected chi connectivity index (χ2v) is 8.84. The van der Waals surface area contributed by atoms with Gasteiger partial charge >= 0.3 is 0 Å². The van der Waals surface area contributed by atoms with Gasteiger partial charge in [0.25, 0.3) is 5.91 Å². The average molecular weight is 491 g/mol. The van der Waals surface area contributed by atoms with Crippen LogP contribution in [0.4, 0.5) is 0 Å². The second kappa shape index (κ2) is 11.0. The van der Waals surface area contributed by atoms with Crippen molar-refractivity contribution in [1.82, 2.24) is 15.0 Å². The summed E-state index contributed by atoms with van der Waals surface area (Å²) in [6, 6.07) is 20.9. The maximum atomic E-state index is 12.4. The fourth-order valence-electron chi connectivity index (χ4n) is 3.49. The van der Waals surface area contributed by atoms with Crippen molar-refractivity contribution in [2.24, 2.45) is 5.10 Å². The zero-order valence-corrected chi connectivity index (χ0v) is 19.9. The number of nitrogens with one attached hydrogen (secondary N) is 1. The first-order chi connectivity index (χ1) is 16.6. The van der Waals surface area contributed by atoms with Crippen LogP contribution in [-0.4, -0.2) is 32.5 Å². The van der Waals surface area contributed by atoms with Crippen LogP contribution in [0.1, 0.15) is 16.7 Å². The fraction of sp³-hybridized carbons (Fsp3) is 0.115. The number of halogens is 1. The van der Waals surface area contributed by atoms with Crippen LogP contribution in [0.25, 0.3) is 11.0 Å². The number of aromatic hydroxyl groups is 1. The first-order valence-electron chi connectivity index (χ1n) is 10.6. The summed E-state index contributed by atoms with van der Waals surface area (Å²) in [6.45, 7) is 4.23. The fourth-order valence-corrected chi connectivity index (χ4v) is 4.49. The van der Waals surface area contributed by atoms with E-state index in [0.717, 1.165) is 27.3 Å². The highest BCUT2D eigenvalue weighted by Gasteiger charge is 2.14. The molecule has 1 amide bonds. The lowest BCUT2D eigenvalue weighted by Crippen LogP contribution is -2.20. The van der Waals surface area contributed by atoms with Crippen molar-refractivity contribution in [2.45, 2.75) is 18.1 Å². The number of phenols is 1. The second-order valence-electron chi connectivity index (χ2n) is 7.49. The van der Waals surface area contributed by atoms with Gasteiger partial charge in [0.1, 0.15) is 5.75 Å². The normalized spacial score (nSPS) is 11.2. The number of imidazole rings is 1. The molecule has 0 atom stereocenters. The third kappa shape index (κ3) is 5.50. The zero-order valence-electron chi connectivity index (χ0n) is 18.3. The molecule has 0 fully saturated rings. The van der Waals surface area contributed by atoms with Gasteiger partial charge in [-0.25, -0.2) is 10.4 Å². The number of hydrogen-bond donors (Lipinski definition) is 2. The lowest BCUT2D eigenvalue weighted by atomic mass is 10.1. The highest BCUT2D eigenvalue weighted by Crippen LogP contribution is 2.27. The lowest BCUT2D eigenvalue weighted by Gasteiger charge is -2.10. The van der Waals surface area contributed by atoms with Gasteiger partial charge in [-0.15, -0.1) is 6.58 Å². The number of rotatable bonds is 9. The molecule has 1 aromatic heterocycles. The van der Waals surface area contributed by atoms with Crippen LogP contribution in [0.15, 0.2) is 89.6 Å². The largest absolute Gasteiger partial charge is 0.507 e. The quantitative estimate of drug-likeness (QED) is 0.142. The van der Waals surface area contributed by atoms with Gasteiger partial charge < -0.3 is 9.67 Å². The van der Waals surface area contributed by atoms with Crippen molar-refractivity contribution in [1.29, 1.82) is 0 Å². The van der Waals surface area contributed by atoms with Crippen molar-refractivity contribution in [3.05, 3.63) is 101 Å². The third-order valence-electron chi connectivity index (χ3n) is 5.15.